The number of rotatable bonds is 2. The second kappa shape index (κ2) is 4.22. The molecule has 4 nitrogen and oxygen atoms in total. The smallest absolute Gasteiger partial charge is 0.0843 e. The normalized spacial score (nSPS) is 24.0. The average molecular weight is 229 g/mol. The molecule has 2 aromatic rings. The summed E-state index contributed by atoms with van der Waals surface area (Å²) in [5.41, 5.74) is 7.70. The van der Waals surface area contributed by atoms with Gasteiger partial charge in [-0.3, -0.25) is 4.68 Å². The minimum Gasteiger partial charge on any atom is -0.396 e. The molecule has 1 saturated heterocycles. The van der Waals surface area contributed by atoms with Gasteiger partial charge in [-0.2, -0.15) is 5.10 Å². The van der Waals surface area contributed by atoms with Crippen LogP contribution in [0.5, 0.6) is 0 Å². The highest BCUT2D eigenvalue weighted by Gasteiger charge is 2.31. The molecule has 0 saturated carbocycles. The van der Waals surface area contributed by atoms with E-state index in [2.05, 4.69) is 29.4 Å². The third-order valence-electron chi connectivity index (χ3n) is 3.24. The number of benzene rings is 1. The SMILES string of the molecule is Nc1cnn([C@H]2COC[C@H]2c2ccccc2)c1. The molecular formula is C13H15N3O. The molecule has 2 heterocycles. The van der Waals surface area contributed by atoms with Crippen molar-refractivity contribution in [1.82, 2.24) is 9.78 Å². The summed E-state index contributed by atoms with van der Waals surface area (Å²) in [6.07, 6.45) is 3.55. The van der Waals surface area contributed by atoms with Gasteiger partial charge in [0.2, 0.25) is 0 Å². The van der Waals surface area contributed by atoms with E-state index in [9.17, 15) is 0 Å². The van der Waals surface area contributed by atoms with Gasteiger partial charge in [-0.25, -0.2) is 0 Å². The van der Waals surface area contributed by atoms with Gasteiger partial charge in [-0.15, -0.1) is 0 Å². The Morgan fingerprint density at radius 1 is 1.24 bits per heavy atom. The fourth-order valence-electron chi connectivity index (χ4n) is 2.36. The third-order valence-corrected chi connectivity index (χ3v) is 3.24. The van der Waals surface area contributed by atoms with Gasteiger partial charge < -0.3 is 10.5 Å². The fraction of sp³-hybridized carbons (Fsp3) is 0.308. The Bertz CT molecular complexity index is 494. The Kier molecular flexibility index (Phi) is 2.57. The van der Waals surface area contributed by atoms with E-state index in [4.69, 9.17) is 10.5 Å². The molecule has 17 heavy (non-hydrogen) atoms. The maximum absolute atomic E-state index is 5.71. The van der Waals surface area contributed by atoms with Crippen molar-refractivity contribution in [1.29, 1.82) is 0 Å². The zero-order chi connectivity index (χ0) is 11.7. The Balaban J connectivity index is 1.90. The average Bonchev–Trinajstić information content (AvgIpc) is 2.98. The van der Waals surface area contributed by atoms with E-state index in [1.807, 2.05) is 16.9 Å². The van der Waals surface area contributed by atoms with E-state index in [1.165, 1.54) is 5.56 Å². The van der Waals surface area contributed by atoms with Gasteiger partial charge in [0.25, 0.3) is 0 Å². The molecular weight excluding hydrogens is 214 g/mol. The lowest BCUT2D eigenvalue weighted by atomic mass is 9.94. The van der Waals surface area contributed by atoms with Crippen molar-refractivity contribution >= 4 is 5.69 Å². The summed E-state index contributed by atoms with van der Waals surface area (Å²) in [6, 6.07) is 10.7. The summed E-state index contributed by atoms with van der Waals surface area (Å²) < 4.78 is 7.50. The van der Waals surface area contributed by atoms with Crippen LogP contribution in [0, 0.1) is 0 Å². The summed E-state index contributed by atoms with van der Waals surface area (Å²) in [5, 5.41) is 4.29. The lowest BCUT2D eigenvalue weighted by Crippen LogP contribution is -2.16. The van der Waals surface area contributed by atoms with Crippen LogP contribution in [0.15, 0.2) is 42.7 Å². The van der Waals surface area contributed by atoms with Crippen LogP contribution < -0.4 is 5.73 Å². The van der Waals surface area contributed by atoms with Crippen LogP contribution >= 0.6 is 0 Å². The number of nitrogen functional groups attached to an aromatic ring is 1. The standard InChI is InChI=1S/C13H15N3O/c14-11-6-15-16(7-11)13-9-17-8-12(13)10-4-2-1-3-5-10/h1-7,12-13H,8-9,14H2/t12-,13-/m0/s1. The van der Waals surface area contributed by atoms with Crippen LogP contribution in [0.3, 0.4) is 0 Å². The van der Waals surface area contributed by atoms with Gasteiger partial charge in [0.1, 0.15) is 0 Å². The van der Waals surface area contributed by atoms with Crippen LogP contribution in [0.4, 0.5) is 5.69 Å². The second-order valence-corrected chi connectivity index (χ2v) is 4.38. The molecule has 0 radical (unpaired) electrons. The summed E-state index contributed by atoms with van der Waals surface area (Å²) in [4.78, 5) is 0. The fourth-order valence-corrected chi connectivity index (χ4v) is 2.36. The van der Waals surface area contributed by atoms with Gasteiger partial charge in [0.05, 0.1) is 31.1 Å². The molecule has 88 valence electrons. The Morgan fingerprint density at radius 3 is 2.76 bits per heavy atom. The number of nitrogens with zero attached hydrogens (tertiary/aromatic N) is 2. The van der Waals surface area contributed by atoms with Gasteiger partial charge in [-0.05, 0) is 5.56 Å². The zero-order valence-corrected chi connectivity index (χ0v) is 9.49. The highest BCUT2D eigenvalue weighted by Crippen LogP contribution is 2.34. The van der Waals surface area contributed by atoms with Crippen molar-refractivity contribution in [2.45, 2.75) is 12.0 Å². The second-order valence-electron chi connectivity index (χ2n) is 4.38. The number of nitrogens with two attached hydrogens (primary N) is 1. The van der Waals surface area contributed by atoms with E-state index in [0.717, 1.165) is 6.61 Å². The molecule has 2 atom stereocenters. The molecule has 0 bridgehead atoms. The van der Waals surface area contributed by atoms with Gasteiger partial charge >= 0.3 is 0 Å². The highest BCUT2D eigenvalue weighted by molar-refractivity contribution is 5.31. The number of anilines is 1. The minimum atomic E-state index is 0.245. The number of aromatic nitrogens is 2. The van der Waals surface area contributed by atoms with E-state index in [-0.39, 0.29) is 6.04 Å². The minimum absolute atomic E-state index is 0.245. The maximum Gasteiger partial charge on any atom is 0.0843 e. The summed E-state index contributed by atoms with van der Waals surface area (Å²) in [7, 11) is 0. The molecule has 1 fully saturated rings. The topological polar surface area (TPSA) is 53.1 Å². The molecule has 0 spiro atoms. The maximum atomic E-state index is 5.71. The van der Waals surface area contributed by atoms with Crippen LogP contribution in [0.2, 0.25) is 0 Å². The molecule has 1 aromatic heterocycles. The van der Waals surface area contributed by atoms with Crippen molar-refractivity contribution in [3.63, 3.8) is 0 Å². The largest absolute Gasteiger partial charge is 0.396 e. The van der Waals surface area contributed by atoms with E-state index >= 15 is 0 Å². The van der Waals surface area contributed by atoms with Crippen LogP contribution in [-0.4, -0.2) is 23.0 Å². The van der Waals surface area contributed by atoms with E-state index in [0.29, 0.717) is 18.2 Å². The summed E-state index contributed by atoms with van der Waals surface area (Å²) >= 11 is 0. The molecule has 2 N–H and O–H groups in total. The summed E-state index contributed by atoms with van der Waals surface area (Å²) in [6.45, 7) is 1.44. The Morgan fingerprint density at radius 2 is 2.06 bits per heavy atom. The highest BCUT2D eigenvalue weighted by atomic mass is 16.5. The lowest BCUT2D eigenvalue weighted by Gasteiger charge is -2.18. The van der Waals surface area contributed by atoms with E-state index in [1.54, 1.807) is 6.20 Å². The molecule has 0 aliphatic carbocycles. The summed E-state index contributed by atoms with van der Waals surface area (Å²) in [5.74, 6) is 0.357. The molecule has 1 aromatic carbocycles. The molecule has 3 rings (SSSR count). The molecule has 0 amide bonds. The predicted molar refractivity (Wildman–Crippen MR) is 65.7 cm³/mol. The third kappa shape index (κ3) is 1.91. The quantitative estimate of drug-likeness (QED) is 0.854. The molecule has 1 aliphatic rings. The van der Waals surface area contributed by atoms with Crippen LogP contribution in [0.1, 0.15) is 17.5 Å². The molecule has 0 unspecified atom stereocenters. The number of ether oxygens (including phenoxy) is 1. The van der Waals surface area contributed by atoms with Gasteiger partial charge in [-0.1, -0.05) is 30.3 Å². The van der Waals surface area contributed by atoms with Crippen molar-refractivity contribution in [3.8, 4) is 0 Å². The lowest BCUT2D eigenvalue weighted by molar-refractivity contribution is 0.183. The first-order valence-corrected chi connectivity index (χ1v) is 5.77. The number of hydrogen-bond donors (Lipinski definition) is 1. The first-order valence-electron chi connectivity index (χ1n) is 5.77. The van der Waals surface area contributed by atoms with Gasteiger partial charge in [0.15, 0.2) is 0 Å². The van der Waals surface area contributed by atoms with Crippen molar-refractivity contribution in [3.05, 3.63) is 48.3 Å². The predicted octanol–water partition coefficient (Wildman–Crippen LogP) is 1.82. The van der Waals surface area contributed by atoms with Crippen LogP contribution in [0.25, 0.3) is 0 Å². The Hall–Kier alpha value is -1.81. The molecule has 1 aliphatic heterocycles. The van der Waals surface area contributed by atoms with Crippen molar-refractivity contribution in [2.24, 2.45) is 0 Å². The van der Waals surface area contributed by atoms with Crippen molar-refractivity contribution < 1.29 is 4.74 Å². The number of hydrogen-bond acceptors (Lipinski definition) is 3. The van der Waals surface area contributed by atoms with Crippen LogP contribution in [-0.2, 0) is 4.74 Å². The van der Waals surface area contributed by atoms with Gasteiger partial charge in [0, 0.05) is 12.1 Å². The first-order chi connectivity index (χ1) is 8.34. The van der Waals surface area contributed by atoms with E-state index < -0.39 is 0 Å². The Labute approximate surface area is 100 Å². The molecule has 4 heteroatoms. The first kappa shape index (κ1) is 10.4. The monoisotopic (exact) mass is 229 g/mol. The zero-order valence-electron chi connectivity index (χ0n) is 9.49. The van der Waals surface area contributed by atoms with Crippen molar-refractivity contribution in [2.75, 3.05) is 18.9 Å².